The third-order valence-corrected chi connectivity index (χ3v) is 4.68. The van der Waals surface area contributed by atoms with Crippen molar-refractivity contribution in [1.82, 2.24) is 10.2 Å². The molecular weight excluding hydrogens is 228 g/mol. The second kappa shape index (κ2) is 5.98. The number of hydrogen-bond donors (Lipinski definition) is 1. The minimum Gasteiger partial charge on any atom is -0.309 e. The zero-order valence-electron chi connectivity index (χ0n) is 11.2. The van der Waals surface area contributed by atoms with Gasteiger partial charge in [-0.05, 0) is 45.4 Å². The molecule has 2 nitrogen and oxygen atoms in total. The van der Waals surface area contributed by atoms with Gasteiger partial charge in [0.25, 0.3) is 0 Å². The van der Waals surface area contributed by atoms with Crippen molar-refractivity contribution in [3.63, 3.8) is 0 Å². The van der Waals surface area contributed by atoms with Crippen LogP contribution in [0.15, 0.2) is 12.1 Å². The van der Waals surface area contributed by atoms with Crippen LogP contribution in [0.3, 0.4) is 0 Å². The molecule has 96 valence electrons. The Hall–Kier alpha value is -0.380. The van der Waals surface area contributed by atoms with Gasteiger partial charge in [0.2, 0.25) is 0 Å². The maximum atomic E-state index is 3.57. The molecule has 1 aromatic heterocycles. The Morgan fingerprint density at radius 1 is 1.41 bits per heavy atom. The average molecular weight is 252 g/mol. The van der Waals surface area contributed by atoms with E-state index in [1.807, 2.05) is 11.3 Å². The highest BCUT2D eigenvalue weighted by atomic mass is 32.1. The van der Waals surface area contributed by atoms with Gasteiger partial charge in [-0.25, -0.2) is 0 Å². The van der Waals surface area contributed by atoms with Crippen LogP contribution >= 0.6 is 11.3 Å². The number of nitrogens with zero attached hydrogens (tertiary/aromatic N) is 1. The number of rotatable bonds is 7. The summed E-state index contributed by atoms with van der Waals surface area (Å²) in [4.78, 5) is 5.40. The lowest BCUT2D eigenvalue weighted by atomic mass is 10.2. The SMILES string of the molecule is CCC(C)N(C)Cc1ccc(CNC2CC2)s1. The van der Waals surface area contributed by atoms with Crippen molar-refractivity contribution in [2.75, 3.05) is 7.05 Å². The molecule has 0 aromatic carbocycles. The fourth-order valence-corrected chi connectivity index (χ4v) is 2.88. The molecule has 1 aromatic rings. The molecule has 0 radical (unpaired) electrons. The van der Waals surface area contributed by atoms with E-state index in [0.717, 1.165) is 19.1 Å². The van der Waals surface area contributed by atoms with Gasteiger partial charge in [-0.2, -0.15) is 0 Å². The number of hydrogen-bond acceptors (Lipinski definition) is 3. The molecule has 2 rings (SSSR count). The van der Waals surface area contributed by atoms with E-state index in [4.69, 9.17) is 0 Å². The van der Waals surface area contributed by atoms with Crippen molar-refractivity contribution >= 4 is 11.3 Å². The molecule has 1 aliphatic rings. The molecule has 0 bridgehead atoms. The Morgan fingerprint density at radius 3 is 2.76 bits per heavy atom. The van der Waals surface area contributed by atoms with Crippen molar-refractivity contribution in [2.45, 2.75) is 58.3 Å². The summed E-state index contributed by atoms with van der Waals surface area (Å²) < 4.78 is 0. The van der Waals surface area contributed by atoms with Crippen LogP contribution in [0.25, 0.3) is 0 Å². The summed E-state index contributed by atoms with van der Waals surface area (Å²) >= 11 is 1.95. The summed E-state index contributed by atoms with van der Waals surface area (Å²) in [5, 5.41) is 3.57. The molecule has 1 saturated carbocycles. The molecule has 0 spiro atoms. The lowest BCUT2D eigenvalue weighted by molar-refractivity contribution is 0.246. The topological polar surface area (TPSA) is 15.3 Å². The minimum absolute atomic E-state index is 0.671. The Balaban J connectivity index is 1.80. The third kappa shape index (κ3) is 4.09. The summed E-state index contributed by atoms with van der Waals surface area (Å²) in [5.74, 6) is 0. The lowest BCUT2D eigenvalue weighted by Gasteiger charge is -2.22. The molecule has 1 fully saturated rings. The van der Waals surface area contributed by atoms with Gasteiger partial charge in [-0.15, -0.1) is 11.3 Å². The summed E-state index contributed by atoms with van der Waals surface area (Å²) in [6, 6.07) is 6.04. The standard InChI is InChI=1S/C14H24N2S/c1-4-11(2)16(3)10-14-8-7-13(17-14)9-15-12-5-6-12/h7-8,11-12,15H,4-6,9-10H2,1-3H3. The van der Waals surface area contributed by atoms with Crippen molar-refractivity contribution in [1.29, 1.82) is 0 Å². The van der Waals surface area contributed by atoms with Gasteiger partial charge in [-0.1, -0.05) is 6.92 Å². The molecule has 0 aliphatic heterocycles. The van der Waals surface area contributed by atoms with Gasteiger partial charge >= 0.3 is 0 Å². The van der Waals surface area contributed by atoms with E-state index < -0.39 is 0 Å². The van der Waals surface area contributed by atoms with E-state index in [-0.39, 0.29) is 0 Å². The van der Waals surface area contributed by atoms with Crippen molar-refractivity contribution in [2.24, 2.45) is 0 Å². The summed E-state index contributed by atoms with van der Waals surface area (Å²) in [6.07, 6.45) is 3.96. The molecular formula is C14H24N2S. The second-order valence-electron chi connectivity index (χ2n) is 5.20. The monoisotopic (exact) mass is 252 g/mol. The van der Waals surface area contributed by atoms with E-state index in [2.05, 4.69) is 43.2 Å². The second-order valence-corrected chi connectivity index (χ2v) is 6.45. The van der Waals surface area contributed by atoms with Crippen LogP contribution in [0.1, 0.15) is 42.9 Å². The van der Waals surface area contributed by atoms with Crippen LogP contribution in [0.2, 0.25) is 0 Å². The molecule has 1 aliphatic carbocycles. The van der Waals surface area contributed by atoms with Crippen LogP contribution in [0, 0.1) is 0 Å². The largest absolute Gasteiger partial charge is 0.309 e. The molecule has 3 heteroatoms. The highest BCUT2D eigenvalue weighted by Gasteiger charge is 2.20. The van der Waals surface area contributed by atoms with E-state index in [1.54, 1.807) is 0 Å². The fourth-order valence-electron chi connectivity index (χ4n) is 1.85. The first kappa shape index (κ1) is 13.1. The molecule has 1 N–H and O–H groups in total. The Bertz CT molecular complexity index is 344. The lowest BCUT2D eigenvalue weighted by Crippen LogP contribution is -2.27. The van der Waals surface area contributed by atoms with Gasteiger partial charge in [0, 0.05) is 34.9 Å². The summed E-state index contributed by atoms with van der Waals surface area (Å²) in [6.45, 7) is 6.69. The van der Waals surface area contributed by atoms with E-state index in [0.29, 0.717) is 6.04 Å². The maximum absolute atomic E-state index is 3.57. The van der Waals surface area contributed by atoms with Crippen LogP contribution in [-0.4, -0.2) is 24.0 Å². The van der Waals surface area contributed by atoms with Gasteiger partial charge in [-0.3, -0.25) is 4.90 Å². The maximum Gasteiger partial charge on any atom is 0.0327 e. The smallest absolute Gasteiger partial charge is 0.0327 e. The highest BCUT2D eigenvalue weighted by Crippen LogP contribution is 2.22. The first-order chi connectivity index (χ1) is 8.19. The molecule has 1 heterocycles. The Kier molecular flexibility index (Phi) is 4.60. The van der Waals surface area contributed by atoms with Crippen molar-refractivity contribution in [3.05, 3.63) is 21.9 Å². The molecule has 0 saturated heterocycles. The summed E-state index contributed by atoms with van der Waals surface area (Å²) in [7, 11) is 2.22. The minimum atomic E-state index is 0.671. The average Bonchev–Trinajstić information content (AvgIpc) is 3.06. The van der Waals surface area contributed by atoms with Crippen LogP contribution in [0.4, 0.5) is 0 Å². The molecule has 1 atom stereocenters. The van der Waals surface area contributed by atoms with E-state index in [9.17, 15) is 0 Å². The Morgan fingerprint density at radius 2 is 2.12 bits per heavy atom. The van der Waals surface area contributed by atoms with E-state index in [1.165, 1.54) is 29.0 Å². The first-order valence-corrected chi connectivity index (χ1v) is 7.52. The van der Waals surface area contributed by atoms with E-state index >= 15 is 0 Å². The third-order valence-electron chi connectivity index (χ3n) is 3.61. The fraction of sp³-hybridized carbons (Fsp3) is 0.714. The quantitative estimate of drug-likeness (QED) is 0.801. The molecule has 17 heavy (non-hydrogen) atoms. The zero-order valence-corrected chi connectivity index (χ0v) is 12.0. The van der Waals surface area contributed by atoms with Crippen molar-refractivity contribution < 1.29 is 0 Å². The van der Waals surface area contributed by atoms with Crippen LogP contribution < -0.4 is 5.32 Å². The van der Waals surface area contributed by atoms with Gasteiger partial charge in [0.15, 0.2) is 0 Å². The predicted molar refractivity (Wildman–Crippen MR) is 75.4 cm³/mol. The van der Waals surface area contributed by atoms with Crippen LogP contribution in [-0.2, 0) is 13.1 Å². The Labute approximate surface area is 109 Å². The number of thiophene rings is 1. The van der Waals surface area contributed by atoms with Gasteiger partial charge < -0.3 is 5.32 Å². The summed E-state index contributed by atoms with van der Waals surface area (Å²) in [5.41, 5.74) is 0. The molecule has 0 amide bonds. The predicted octanol–water partition coefficient (Wildman–Crippen LogP) is 3.23. The normalized spacial score (nSPS) is 17.6. The first-order valence-electron chi connectivity index (χ1n) is 6.70. The molecule has 1 unspecified atom stereocenters. The van der Waals surface area contributed by atoms with Gasteiger partial charge in [0.1, 0.15) is 0 Å². The van der Waals surface area contributed by atoms with Crippen LogP contribution in [0.5, 0.6) is 0 Å². The highest BCUT2D eigenvalue weighted by molar-refractivity contribution is 7.11. The zero-order chi connectivity index (χ0) is 12.3. The number of nitrogens with one attached hydrogen (secondary N) is 1. The van der Waals surface area contributed by atoms with Crippen molar-refractivity contribution in [3.8, 4) is 0 Å². The van der Waals surface area contributed by atoms with Gasteiger partial charge in [0.05, 0.1) is 0 Å².